The molecule has 8 nitrogen and oxygen atoms in total. The Labute approximate surface area is 132 Å². The Balaban J connectivity index is 0.00000176. The van der Waals surface area contributed by atoms with E-state index in [9.17, 15) is 14.9 Å². The molecular weight excluding hydrogens is 310 g/mol. The first-order valence-corrected chi connectivity index (χ1v) is 6.79. The molecule has 0 aliphatic carbocycles. The van der Waals surface area contributed by atoms with Crippen molar-refractivity contribution in [3.05, 3.63) is 34.0 Å². The summed E-state index contributed by atoms with van der Waals surface area (Å²) in [6.45, 7) is 1.69. The van der Waals surface area contributed by atoms with Crippen LogP contribution in [0.1, 0.15) is 23.3 Å². The smallest absolute Gasteiger partial charge is 0.272 e. The number of H-pyrrole nitrogens is 1. The van der Waals surface area contributed by atoms with Gasteiger partial charge in [-0.05, 0) is 25.5 Å². The van der Waals surface area contributed by atoms with Crippen LogP contribution in [0.25, 0.3) is 10.9 Å². The first-order valence-electron chi connectivity index (χ1n) is 6.79. The Morgan fingerprint density at radius 3 is 2.95 bits per heavy atom. The Kier molecular flexibility index (Phi) is 4.94. The summed E-state index contributed by atoms with van der Waals surface area (Å²) in [5, 5.41) is 24.1. The number of nitrogens with one attached hydrogen (secondary N) is 3. The van der Waals surface area contributed by atoms with Gasteiger partial charge in [0, 0.05) is 30.1 Å². The number of halogens is 1. The summed E-state index contributed by atoms with van der Waals surface area (Å²) in [5.74, 6) is -0.310. The Morgan fingerprint density at radius 1 is 1.45 bits per heavy atom. The molecule has 1 unspecified atom stereocenters. The molecule has 1 aliphatic heterocycles. The van der Waals surface area contributed by atoms with E-state index in [0.29, 0.717) is 10.9 Å². The number of carbonyl (C=O) groups is 1. The lowest BCUT2D eigenvalue weighted by Gasteiger charge is -2.23. The molecule has 1 saturated heterocycles. The quantitative estimate of drug-likeness (QED) is 0.582. The van der Waals surface area contributed by atoms with E-state index in [0.717, 1.165) is 25.9 Å². The van der Waals surface area contributed by atoms with Crippen molar-refractivity contribution in [1.82, 2.24) is 20.8 Å². The van der Waals surface area contributed by atoms with Gasteiger partial charge in [0.15, 0.2) is 5.69 Å². The number of nitro benzene ring substituents is 1. The van der Waals surface area contributed by atoms with Crippen molar-refractivity contribution in [1.29, 1.82) is 0 Å². The summed E-state index contributed by atoms with van der Waals surface area (Å²) >= 11 is 0. The van der Waals surface area contributed by atoms with Crippen molar-refractivity contribution < 1.29 is 9.72 Å². The van der Waals surface area contributed by atoms with Gasteiger partial charge in [0.05, 0.1) is 10.4 Å². The van der Waals surface area contributed by atoms with E-state index in [1.807, 2.05) is 0 Å². The molecule has 1 amide bonds. The minimum absolute atomic E-state index is 0. The number of hydrogen-bond donors (Lipinski definition) is 3. The van der Waals surface area contributed by atoms with Crippen LogP contribution in [-0.4, -0.2) is 40.2 Å². The number of fused-ring (bicyclic) bond motifs is 1. The van der Waals surface area contributed by atoms with Gasteiger partial charge in [0.2, 0.25) is 0 Å². The fraction of sp³-hybridized carbons (Fsp3) is 0.385. The van der Waals surface area contributed by atoms with E-state index >= 15 is 0 Å². The second kappa shape index (κ2) is 6.71. The summed E-state index contributed by atoms with van der Waals surface area (Å²) in [7, 11) is 0. The van der Waals surface area contributed by atoms with Gasteiger partial charge in [-0.1, -0.05) is 0 Å². The molecule has 0 radical (unpaired) electrons. The van der Waals surface area contributed by atoms with E-state index in [2.05, 4.69) is 20.8 Å². The molecule has 1 aromatic heterocycles. The molecule has 2 heterocycles. The topological polar surface area (TPSA) is 113 Å². The van der Waals surface area contributed by atoms with Crippen molar-refractivity contribution in [2.45, 2.75) is 18.9 Å². The molecule has 0 bridgehead atoms. The average Bonchev–Trinajstić information content (AvgIpc) is 2.91. The first-order chi connectivity index (χ1) is 10.1. The summed E-state index contributed by atoms with van der Waals surface area (Å²) in [6.07, 6.45) is 1.93. The number of rotatable bonds is 3. The highest BCUT2D eigenvalue weighted by Gasteiger charge is 2.21. The van der Waals surface area contributed by atoms with Crippen molar-refractivity contribution >= 4 is 34.9 Å². The Bertz CT molecular complexity index is 696. The molecule has 9 heteroatoms. The van der Waals surface area contributed by atoms with Gasteiger partial charge in [0.25, 0.3) is 11.6 Å². The fourth-order valence-electron chi connectivity index (χ4n) is 2.52. The van der Waals surface area contributed by atoms with Crippen molar-refractivity contribution in [3.63, 3.8) is 0 Å². The van der Waals surface area contributed by atoms with Gasteiger partial charge in [-0.15, -0.1) is 12.4 Å². The molecule has 1 atom stereocenters. The maximum absolute atomic E-state index is 12.3. The number of non-ortho nitro benzene ring substituents is 1. The summed E-state index contributed by atoms with van der Waals surface area (Å²) in [5.41, 5.74) is 0.740. The molecular formula is C13H16ClN5O3. The number of benzene rings is 1. The number of piperidine rings is 1. The highest BCUT2D eigenvalue weighted by molar-refractivity contribution is 6.05. The zero-order valence-corrected chi connectivity index (χ0v) is 12.5. The van der Waals surface area contributed by atoms with Crippen LogP contribution in [0.3, 0.4) is 0 Å². The van der Waals surface area contributed by atoms with Crippen LogP contribution in [-0.2, 0) is 0 Å². The molecule has 118 valence electrons. The summed E-state index contributed by atoms with van der Waals surface area (Å²) < 4.78 is 0. The number of aromatic amines is 1. The predicted molar refractivity (Wildman–Crippen MR) is 83.4 cm³/mol. The number of aromatic nitrogens is 2. The molecule has 1 aromatic carbocycles. The largest absolute Gasteiger partial charge is 0.347 e. The number of amides is 1. The van der Waals surface area contributed by atoms with Crippen LogP contribution in [0.15, 0.2) is 18.2 Å². The van der Waals surface area contributed by atoms with Crippen LogP contribution < -0.4 is 10.6 Å². The maximum atomic E-state index is 12.3. The van der Waals surface area contributed by atoms with Crippen molar-refractivity contribution in [2.75, 3.05) is 13.1 Å². The number of nitro groups is 1. The summed E-state index contributed by atoms with van der Waals surface area (Å²) in [4.78, 5) is 22.6. The van der Waals surface area contributed by atoms with Gasteiger partial charge in [0.1, 0.15) is 0 Å². The Morgan fingerprint density at radius 2 is 2.27 bits per heavy atom. The maximum Gasteiger partial charge on any atom is 0.272 e. The van der Waals surface area contributed by atoms with Crippen LogP contribution in [0, 0.1) is 10.1 Å². The molecule has 1 fully saturated rings. The molecule has 1 aliphatic rings. The van der Waals surface area contributed by atoms with Gasteiger partial charge >= 0.3 is 0 Å². The summed E-state index contributed by atoms with van der Waals surface area (Å²) in [6, 6.07) is 4.37. The highest BCUT2D eigenvalue weighted by Crippen LogP contribution is 2.22. The number of carbonyl (C=O) groups excluding carboxylic acids is 1. The molecule has 2 aromatic rings. The fourth-order valence-corrected chi connectivity index (χ4v) is 2.52. The number of hydrogen-bond acceptors (Lipinski definition) is 5. The lowest BCUT2D eigenvalue weighted by molar-refractivity contribution is -0.384. The number of nitrogens with zero attached hydrogens (tertiary/aromatic N) is 2. The van der Waals surface area contributed by atoms with Gasteiger partial charge in [-0.2, -0.15) is 5.10 Å². The third kappa shape index (κ3) is 3.18. The van der Waals surface area contributed by atoms with Crippen LogP contribution in [0.2, 0.25) is 0 Å². The normalized spacial score (nSPS) is 17.7. The van der Waals surface area contributed by atoms with E-state index in [1.165, 1.54) is 12.1 Å². The predicted octanol–water partition coefficient (Wildman–Crippen LogP) is 1.37. The van der Waals surface area contributed by atoms with Gasteiger partial charge in [-0.25, -0.2) is 0 Å². The van der Waals surface area contributed by atoms with Crippen LogP contribution in [0.5, 0.6) is 0 Å². The second-order valence-corrected chi connectivity index (χ2v) is 5.08. The van der Waals surface area contributed by atoms with E-state index < -0.39 is 4.92 Å². The minimum atomic E-state index is -0.487. The lowest BCUT2D eigenvalue weighted by Crippen LogP contribution is -2.45. The zero-order chi connectivity index (χ0) is 14.8. The third-order valence-electron chi connectivity index (χ3n) is 3.60. The van der Waals surface area contributed by atoms with Crippen molar-refractivity contribution in [3.8, 4) is 0 Å². The van der Waals surface area contributed by atoms with Crippen LogP contribution >= 0.6 is 12.4 Å². The third-order valence-corrected chi connectivity index (χ3v) is 3.60. The van der Waals surface area contributed by atoms with E-state index in [1.54, 1.807) is 6.07 Å². The lowest BCUT2D eigenvalue weighted by atomic mass is 10.1. The monoisotopic (exact) mass is 325 g/mol. The highest BCUT2D eigenvalue weighted by atomic mass is 35.5. The minimum Gasteiger partial charge on any atom is -0.347 e. The van der Waals surface area contributed by atoms with E-state index in [-0.39, 0.29) is 35.7 Å². The van der Waals surface area contributed by atoms with Crippen molar-refractivity contribution in [2.24, 2.45) is 0 Å². The van der Waals surface area contributed by atoms with Gasteiger partial charge < -0.3 is 10.6 Å². The standard InChI is InChI=1S/C13H15N5O3.ClH/c19-13(15-8-2-1-5-14-7-8)12-10-6-9(18(20)21)3-4-11(10)16-17-12;/h3-4,6,8,14H,1-2,5,7H2,(H,15,19)(H,16,17);1H. The van der Waals surface area contributed by atoms with Gasteiger partial charge in [-0.3, -0.25) is 20.0 Å². The SMILES string of the molecule is Cl.O=C(NC1CCCNC1)c1n[nH]c2ccc([N+](=O)[O-])cc12. The molecule has 3 N–H and O–H groups in total. The zero-order valence-electron chi connectivity index (χ0n) is 11.7. The molecule has 3 rings (SSSR count). The first kappa shape index (κ1) is 16.2. The molecule has 0 saturated carbocycles. The molecule has 22 heavy (non-hydrogen) atoms. The van der Waals surface area contributed by atoms with Crippen LogP contribution in [0.4, 0.5) is 5.69 Å². The van der Waals surface area contributed by atoms with E-state index in [4.69, 9.17) is 0 Å². The second-order valence-electron chi connectivity index (χ2n) is 5.08. The average molecular weight is 326 g/mol. The molecule has 0 spiro atoms. The Hall–Kier alpha value is -2.19.